The standard InChI is InChI=1S/C18H21FN4O2/c19-14-2-1-3-15(10-14)25-16-4-5-23(12-16)18-11-17(20-13-21-18)22-6-8-24-9-7-22/h1-3,10-11,13,16H,4-9,12H2/t16-/m1/s1. The Bertz CT molecular complexity index is 724. The van der Waals surface area contributed by atoms with Gasteiger partial charge in [-0.05, 0) is 12.1 Å². The van der Waals surface area contributed by atoms with E-state index in [1.807, 2.05) is 6.07 Å². The van der Waals surface area contributed by atoms with Gasteiger partial charge in [-0.25, -0.2) is 14.4 Å². The monoisotopic (exact) mass is 344 g/mol. The normalized spacial score (nSPS) is 20.8. The predicted octanol–water partition coefficient (Wildman–Crippen LogP) is 2.11. The number of nitrogens with zero attached hydrogens (tertiary/aromatic N) is 4. The van der Waals surface area contributed by atoms with E-state index in [4.69, 9.17) is 9.47 Å². The Hall–Kier alpha value is -2.41. The molecule has 6 nitrogen and oxygen atoms in total. The Labute approximate surface area is 146 Å². The molecule has 4 rings (SSSR count). The van der Waals surface area contributed by atoms with Gasteiger partial charge in [0.25, 0.3) is 0 Å². The third kappa shape index (κ3) is 3.82. The Morgan fingerprint density at radius 1 is 1.04 bits per heavy atom. The fourth-order valence-corrected chi connectivity index (χ4v) is 3.24. The summed E-state index contributed by atoms with van der Waals surface area (Å²) in [6.07, 6.45) is 2.53. The summed E-state index contributed by atoms with van der Waals surface area (Å²) in [5.41, 5.74) is 0. The van der Waals surface area contributed by atoms with Crippen LogP contribution in [0.2, 0.25) is 0 Å². The molecule has 2 aromatic rings. The zero-order valence-electron chi connectivity index (χ0n) is 14.0. The summed E-state index contributed by atoms with van der Waals surface area (Å²) < 4.78 is 24.6. The van der Waals surface area contributed by atoms with E-state index in [-0.39, 0.29) is 11.9 Å². The Morgan fingerprint density at radius 2 is 1.84 bits per heavy atom. The summed E-state index contributed by atoms with van der Waals surface area (Å²) in [5, 5.41) is 0. The third-order valence-electron chi connectivity index (χ3n) is 4.54. The number of aromatic nitrogens is 2. The maximum Gasteiger partial charge on any atom is 0.134 e. The second-order valence-corrected chi connectivity index (χ2v) is 6.27. The van der Waals surface area contributed by atoms with Crippen LogP contribution in [-0.4, -0.2) is 55.5 Å². The number of morpholine rings is 1. The number of anilines is 2. The number of benzene rings is 1. The van der Waals surface area contributed by atoms with E-state index >= 15 is 0 Å². The number of rotatable bonds is 4. The van der Waals surface area contributed by atoms with Crippen LogP contribution in [0.25, 0.3) is 0 Å². The van der Waals surface area contributed by atoms with Gasteiger partial charge >= 0.3 is 0 Å². The van der Waals surface area contributed by atoms with E-state index in [1.165, 1.54) is 12.1 Å². The van der Waals surface area contributed by atoms with Crippen molar-refractivity contribution in [3.8, 4) is 5.75 Å². The first-order valence-corrected chi connectivity index (χ1v) is 8.60. The van der Waals surface area contributed by atoms with Crippen molar-refractivity contribution in [2.45, 2.75) is 12.5 Å². The van der Waals surface area contributed by atoms with E-state index in [9.17, 15) is 4.39 Å². The first-order chi connectivity index (χ1) is 12.3. The highest BCUT2D eigenvalue weighted by Crippen LogP contribution is 2.25. The van der Waals surface area contributed by atoms with Gasteiger partial charge in [-0.15, -0.1) is 0 Å². The highest BCUT2D eigenvalue weighted by molar-refractivity contribution is 5.51. The molecule has 0 saturated carbocycles. The molecular formula is C18H21FN4O2. The number of ether oxygens (including phenoxy) is 2. The maximum atomic E-state index is 13.3. The van der Waals surface area contributed by atoms with Gasteiger partial charge in [0.15, 0.2) is 0 Å². The van der Waals surface area contributed by atoms with Crippen LogP contribution in [0.1, 0.15) is 6.42 Å². The van der Waals surface area contributed by atoms with Crippen LogP contribution in [-0.2, 0) is 4.74 Å². The number of hydrogen-bond donors (Lipinski definition) is 0. The quantitative estimate of drug-likeness (QED) is 0.847. The molecule has 0 spiro atoms. The molecule has 2 fully saturated rings. The second-order valence-electron chi connectivity index (χ2n) is 6.27. The van der Waals surface area contributed by atoms with Crippen molar-refractivity contribution in [1.82, 2.24) is 9.97 Å². The zero-order chi connectivity index (χ0) is 17.1. The summed E-state index contributed by atoms with van der Waals surface area (Å²) in [5.74, 6) is 2.13. The predicted molar refractivity (Wildman–Crippen MR) is 92.7 cm³/mol. The minimum absolute atomic E-state index is 0.0311. The molecule has 0 unspecified atom stereocenters. The van der Waals surface area contributed by atoms with Gasteiger partial charge in [-0.3, -0.25) is 0 Å². The first kappa shape index (κ1) is 16.1. The van der Waals surface area contributed by atoms with Crippen molar-refractivity contribution in [3.63, 3.8) is 0 Å². The summed E-state index contributed by atoms with van der Waals surface area (Å²) in [6, 6.07) is 8.31. The molecule has 25 heavy (non-hydrogen) atoms. The molecule has 0 aliphatic carbocycles. The van der Waals surface area contributed by atoms with Crippen LogP contribution in [0.5, 0.6) is 5.75 Å². The second kappa shape index (κ2) is 7.23. The molecule has 1 aromatic heterocycles. The Balaban J connectivity index is 1.41. The van der Waals surface area contributed by atoms with Crippen LogP contribution >= 0.6 is 0 Å². The molecule has 0 N–H and O–H groups in total. The Morgan fingerprint density at radius 3 is 2.64 bits per heavy atom. The molecule has 0 radical (unpaired) electrons. The van der Waals surface area contributed by atoms with Gasteiger partial charge in [0.1, 0.15) is 35.6 Å². The highest BCUT2D eigenvalue weighted by atomic mass is 19.1. The highest BCUT2D eigenvalue weighted by Gasteiger charge is 2.26. The molecule has 3 heterocycles. The van der Waals surface area contributed by atoms with Gasteiger partial charge in [0.2, 0.25) is 0 Å². The van der Waals surface area contributed by atoms with Crippen LogP contribution < -0.4 is 14.5 Å². The summed E-state index contributed by atoms with van der Waals surface area (Å²) in [4.78, 5) is 13.2. The molecule has 1 aromatic carbocycles. The van der Waals surface area contributed by atoms with E-state index in [0.29, 0.717) is 5.75 Å². The van der Waals surface area contributed by atoms with Gasteiger partial charge in [-0.1, -0.05) is 6.07 Å². The number of hydrogen-bond acceptors (Lipinski definition) is 6. The minimum Gasteiger partial charge on any atom is -0.488 e. The van der Waals surface area contributed by atoms with Gasteiger partial charge in [0.05, 0.1) is 19.8 Å². The summed E-state index contributed by atoms with van der Waals surface area (Å²) in [7, 11) is 0. The molecule has 2 saturated heterocycles. The van der Waals surface area contributed by atoms with Crippen LogP contribution in [0, 0.1) is 5.82 Å². The van der Waals surface area contributed by atoms with Crippen molar-refractivity contribution in [1.29, 1.82) is 0 Å². The van der Waals surface area contributed by atoms with Crippen molar-refractivity contribution in [2.24, 2.45) is 0 Å². The zero-order valence-corrected chi connectivity index (χ0v) is 14.0. The largest absolute Gasteiger partial charge is 0.488 e. The molecule has 2 aliphatic rings. The third-order valence-corrected chi connectivity index (χ3v) is 4.54. The first-order valence-electron chi connectivity index (χ1n) is 8.60. The molecule has 0 bridgehead atoms. The van der Waals surface area contributed by atoms with E-state index in [1.54, 1.807) is 18.5 Å². The van der Waals surface area contributed by atoms with Crippen molar-refractivity contribution < 1.29 is 13.9 Å². The van der Waals surface area contributed by atoms with Crippen molar-refractivity contribution >= 4 is 11.6 Å². The van der Waals surface area contributed by atoms with Gasteiger partial charge in [-0.2, -0.15) is 0 Å². The SMILES string of the molecule is Fc1cccc(O[C@@H]2CCN(c3cc(N4CCOCC4)ncn3)C2)c1. The fraction of sp³-hybridized carbons (Fsp3) is 0.444. The lowest BCUT2D eigenvalue weighted by atomic mass is 10.3. The average molecular weight is 344 g/mol. The lowest BCUT2D eigenvalue weighted by molar-refractivity contribution is 0.122. The average Bonchev–Trinajstić information content (AvgIpc) is 3.11. The van der Waals surface area contributed by atoms with E-state index < -0.39 is 0 Å². The molecule has 7 heteroatoms. The molecule has 0 amide bonds. The van der Waals surface area contributed by atoms with Gasteiger partial charge < -0.3 is 19.3 Å². The number of halogens is 1. The smallest absolute Gasteiger partial charge is 0.134 e. The molecule has 2 aliphatic heterocycles. The van der Waals surface area contributed by atoms with Gasteiger partial charge in [0, 0.05) is 38.2 Å². The minimum atomic E-state index is -0.279. The summed E-state index contributed by atoms with van der Waals surface area (Å²) >= 11 is 0. The summed E-state index contributed by atoms with van der Waals surface area (Å²) in [6.45, 7) is 4.75. The molecular weight excluding hydrogens is 323 g/mol. The molecule has 1 atom stereocenters. The lowest BCUT2D eigenvalue weighted by Crippen LogP contribution is -2.37. The van der Waals surface area contributed by atoms with Crippen molar-refractivity contribution in [2.75, 3.05) is 49.2 Å². The maximum absolute atomic E-state index is 13.3. The van der Waals surface area contributed by atoms with E-state index in [2.05, 4.69) is 19.8 Å². The van der Waals surface area contributed by atoms with Crippen LogP contribution in [0.3, 0.4) is 0 Å². The topological polar surface area (TPSA) is 50.7 Å². The Kier molecular flexibility index (Phi) is 4.65. The van der Waals surface area contributed by atoms with Crippen LogP contribution in [0.15, 0.2) is 36.7 Å². The fourth-order valence-electron chi connectivity index (χ4n) is 3.24. The lowest BCUT2D eigenvalue weighted by Gasteiger charge is -2.28. The molecule has 132 valence electrons. The van der Waals surface area contributed by atoms with E-state index in [0.717, 1.165) is 57.4 Å². The van der Waals surface area contributed by atoms with Crippen LogP contribution in [0.4, 0.5) is 16.0 Å². The van der Waals surface area contributed by atoms with Crippen molar-refractivity contribution in [3.05, 3.63) is 42.5 Å².